The minimum Gasteiger partial charge on any atom is -0.497 e. The summed E-state index contributed by atoms with van der Waals surface area (Å²) in [6.07, 6.45) is 1.65. The first-order valence-corrected chi connectivity index (χ1v) is 6.90. The largest absolute Gasteiger partial charge is 0.497 e. The SMILES string of the molecule is CNCC(=O)NCc1cccnc1Oc1cccc(OC)c1. The second-order valence-corrected chi connectivity index (χ2v) is 4.56. The van der Waals surface area contributed by atoms with E-state index in [-0.39, 0.29) is 12.5 Å². The molecule has 0 unspecified atom stereocenters. The topological polar surface area (TPSA) is 72.5 Å². The highest BCUT2D eigenvalue weighted by Gasteiger charge is 2.08. The fourth-order valence-electron chi connectivity index (χ4n) is 1.84. The van der Waals surface area contributed by atoms with E-state index in [1.54, 1.807) is 32.5 Å². The summed E-state index contributed by atoms with van der Waals surface area (Å²) in [5.41, 5.74) is 0.801. The summed E-state index contributed by atoms with van der Waals surface area (Å²) in [4.78, 5) is 15.7. The number of hydrogen-bond donors (Lipinski definition) is 2. The Morgan fingerprint density at radius 1 is 1.23 bits per heavy atom. The zero-order valence-corrected chi connectivity index (χ0v) is 12.6. The predicted molar refractivity (Wildman–Crippen MR) is 83.1 cm³/mol. The van der Waals surface area contributed by atoms with E-state index >= 15 is 0 Å². The van der Waals surface area contributed by atoms with Crippen molar-refractivity contribution in [2.45, 2.75) is 6.54 Å². The van der Waals surface area contributed by atoms with Crippen LogP contribution < -0.4 is 20.1 Å². The van der Waals surface area contributed by atoms with Gasteiger partial charge in [-0.3, -0.25) is 4.79 Å². The zero-order chi connectivity index (χ0) is 15.8. The Morgan fingerprint density at radius 3 is 2.82 bits per heavy atom. The highest BCUT2D eigenvalue weighted by atomic mass is 16.5. The number of benzene rings is 1. The number of rotatable bonds is 7. The summed E-state index contributed by atoms with van der Waals surface area (Å²) in [6.45, 7) is 0.625. The Kier molecular flexibility index (Phi) is 5.73. The molecule has 0 aliphatic carbocycles. The minimum absolute atomic E-state index is 0.0846. The summed E-state index contributed by atoms with van der Waals surface area (Å²) >= 11 is 0. The Bertz CT molecular complexity index is 632. The smallest absolute Gasteiger partial charge is 0.234 e. The molecule has 0 atom stereocenters. The third-order valence-corrected chi connectivity index (χ3v) is 2.92. The predicted octanol–water partition coefficient (Wildman–Crippen LogP) is 1.72. The molecule has 2 aromatic rings. The molecule has 116 valence electrons. The lowest BCUT2D eigenvalue weighted by atomic mass is 10.2. The molecule has 22 heavy (non-hydrogen) atoms. The number of hydrogen-bond acceptors (Lipinski definition) is 5. The van der Waals surface area contributed by atoms with E-state index in [9.17, 15) is 4.79 Å². The van der Waals surface area contributed by atoms with Crippen LogP contribution in [0.3, 0.4) is 0 Å². The Balaban J connectivity index is 2.09. The zero-order valence-electron chi connectivity index (χ0n) is 12.6. The van der Waals surface area contributed by atoms with Crippen LogP contribution in [0.15, 0.2) is 42.6 Å². The van der Waals surface area contributed by atoms with Crippen molar-refractivity contribution in [1.29, 1.82) is 0 Å². The van der Waals surface area contributed by atoms with Crippen molar-refractivity contribution in [3.8, 4) is 17.4 Å². The van der Waals surface area contributed by atoms with Crippen molar-refractivity contribution in [3.05, 3.63) is 48.2 Å². The van der Waals surface area contributed by atoms with Crippen molar-refractivity contribution in [1.82, 2.24) is 15.6 Å². The summed E-state index contributed by atoms with van der Waals surface area (Å²) in [6, 6.07) is 10.9. The first-order chi connectivity index (χ1) is 10.7. The Labute approximate surface area is 129 Å². The maximum Gasteiger partial charge on any atom is 0.234 e. The van der Waals surface area contributed by atoms with E-state index in [2.05, 4.69) is 15.6 Å². The Morgan fingerprint density at radius 2 is 2.05 bits per heavy atom. The maximum atomic E-state index is 11.5. The second-order valence-electron chi connectivity index (χ2n) is 4.56. The monoisotopic (exact) mass is 301 g/mol. The normalized spacial score (nSPS) is 10.1. The van der Waals surface area contributed by atoms with Gasteiger partial charge in [-0.25, -0.2) is 4.98 Å². The van der Waals surface area contributed by atoms with Crippen LogP contribution in [0.2, 0.25) is 0 Å². The molecule has 6 nitrogen and oxygen atoms in total. The summed E-state index contributed by atoms with van der Waals surface area (Å²) in [5.74, 6) is 1.71. The van der Waals surface area contributed by atoms with E-state index in [0.717, 1.165) is 5.56 Å². The molecule has 0 spiro atoms. The number of carbonyl (C=O) groups excluding carboxylic acids is 1. The van der Waals surface area contributed by atoms with Gasteiger partial charge in [0.15, 0.2) is 0 Å². The van der Waals surface area contributed by atoms with Crippen LogP contribution in [-0.4, -0.2) is 31.6 Å². The molecule has 0 fully saturated rings. The van der Waals surface area contributed by atoms with Gasteiger partial charge in [-0.05, 0) is 25.2 Å². The van der Waals surface area contributed by atoms with Crippen LogP contribution in [0.5, 0.6) is 17.4 Å². The number of carbonyl (C=O) groups is 1. The highest BCUT2D eigenvalue weighted by Crippen LogP contribution is 2.25. The number of ether oxygens (including phenoxy) is 2. The Hall–Kier alpha value is -2.60. The second kappa shape index (κ2) is 7.99. The molecule has 0 aliphatic rings. The van der Waals surface area contributed by atoms with Crippen LogP contribution in [0.25, 0.3) is 0 Å². The lowest BCUT2D eigenvalue weighted by molar-refractivity contribution is -0.120. The van der Waals surface area contributed by atoms with Crippen LogP contribution in [-0.2, 0) is 11.3 Å². The number of amides is 1. The van der Waals surface area contributed by atoms with Gasteiger partial charge in [0.05, 0.1) is 13.7 Å². The average Bonchev–Trinajstić information content (AvgIpc) is 2.54. The third-order valence-electron chi connectivity index (χ3n) is 2.92. The number of nitrogens with one attached hydrogen (secondary N) is 2. The molecule has 1 amide bonds. The lowest BCUT2D eigenvalue weighted by Gasteiger charge is -2.11. The van der Waals surface area contributed by atoms with E-state index < -0.39 is 0 Å². The number of aromatic nitrogens is 1. The van der Waals surface area contributed by atoms with Crippen LogP contribution in [0, 0.1) is 0 Å². The molecule has 0 saturated heterocycles. The van der Waals surface area contributed by atoms with Crippen LogP contribution in [0.1, 0.15) is 5.56 Å². The number of likely N-dealkylation sites (N-methyl/N-ethyl adjacent to an activating group) is 1. The molecule has 1 aromatic heterocycles. The number of nitrogens with zero attached hydrogens (tertiary/aromatic N) is 1. The van der Waals surface area contributed by atoms with E-state index in [1.807, 2.05) is 24.3 Å². The molecule has 6 heteroatoms. The molecule has 0 saturated carbocycles. The van der Waals surface area contributed by atoms with E-state index in [1.165, 1.54) is 0 Å². The summed E-state index contributed by atoms with van der Waals surface area (Å²) in [7, 11) is 3.32. The summed E-state index contributed by atoms with van der Waals surface area (Å²) < 4.78 is 11.0. The van der Waals surface area contributed by atoms with Gasteiger partial charge < -0.3 is 20.1 Å². The molecule has 1 heterocycles. The molecular formula is C16H19N3O3. The van der Waals surface area contributed by atoms with Gasteiger partial charge in [-0.2, -0.15) is 0 Å². The quantitative estimate of drug-likeness (QED) is 0.814. The standard InChI is InChI=1S/C16H19N3O3/c1-17-11-15(20)19-10-12-5-4-8-18-16(12)22-14-7-3-6-13(9-14)21-2/h3-9,17H,10-11H2,1-2H3,(H,19,20). The number of pyridine rings is 1. The van der Waals surface area contributed by atoms with Crippen molar-refractivity contribution < 1.29 is 14.3 Å². The first kappa shape index (κ1) is 15.8. The van der Waals surface area contributed by atoms with Crippen molar-refractivity contribution in [3.63, 3.8) is 0 Å². The molecule has 0 aliphatic heterocycles. The third kappa shape index (κ3) is 4.46. The molecule has 2 N–H and O–H groups in total. The molecule has 1 aromatic carbocycles. The highest BCUT2D eigenvalue weighted by molar-refractivity contribution is 5.77. The van der Waals surface area contributed by atoms with Gasteiger partial charge >= 0.3 is 0 Å². The molecule has 0 bridgehead atoms. The fraction of sp³-hybridized carbons (Fsp3) is 0.250. The minimum atomic E-state index is -0.0846. The van der Waals surface area contributed by atoms with Gasteiger partial charge in [0.2, 0.25) is 11.8 Å². The maximum absolute atomic E-state index is 11.5. The fourth-order valence-corrected chi connectivity index (χ4v) is 1.84. The molecule has 0 radical (unpaired) electrons. The average molecular weight is 301 g/mol. The van der Waals surface area contributed by atoms with Gasteiger partial charge in [0, 0.05) is 24.4 Å². The van der Waals surface area contributed by atoms with Crippen molar-refractivity contribution in [2.75, 3.05) is 20.7 Å². The lowest BCUT2D eigenvalue weighted by Crippen LogP contribution is -2.31. The van der Waals surface area contributed by atoms with Gasteiger partial charge in [-0.15, -0.1) is 0 Å². The van der Waals surface area contributed by atoms with Crippen molar-refractivity contribution >= 4 is 5.91 Å². The van der Waals surface area contributed by atoms with Gasteiger partial charge in [-0.1, -0.05) is 12.1 Å². The summed E-state index contributed by atoms with van der Waals surface area (Å²) in [5, 5.41) is 5.60. The van der Waals surface area contributed by atoms with Crippen molar-refractivity contribution in [2.24, 2.45) is 0 Å². The van der Waals surface area contributed by atoms with Crippen LogP contribution in [0.4, 0.5) is 0 Å². The van der Waals surface area contributed by atoms with E-state index in [0.29, 0.717) is 23.9 Å². The van der Waals surface area contributed by atoms with Gasteiger partial charge in [0.1, 0.15) is 11.5 Å². The van der Waals surface area contributed by atoms with Gasteiger partial charge in [0.25, 0.3) is 0 Å². The van der Waals surface area contributed by atoms with Crippen LogP contribution >= 0.6 is 0 Å². The molecular weight excluding hydrogens is 282 g/mol. The number of methoxy groups -OCH3 is 1. The van der Waals surface area contributed by atoms with E-state index in [4.69, 9.17) is 9.47 Å². The molecule has 2 rings (SSSR count). The first-order valence-electron chi connectivity index (χ1n) is 6.90.